The first-order valence-electron chi connectivity index (χ1n) is 6.93. The van der Waals surface area contributed by atoms with Crippen LogP contribution in [0.25, 0.3) is 0 Å². The number of rotatable bonds is 6. The number of para-hydroxylation sites is 1. The van der Waals surface area contributed by atoms with E-state index in [4.69, 9.17) is 10.00 Å². The van der Waals surface area contributed by atoms with Crippen molar-refractivity contribution in [3.63, 3.8) is 0 Å². The van der Waals surface area contributed by atoms with Crippen molar-refractivity contribution in [2.75, 3.05) is 7.11 Å². The van der Waals surface area contributed by atoms with Crippen molar-refractivity contribution < 1.29 is 9.53 Å². The minimum Gasteiger partial charge on any atom is -0.496 e. The van der Waals surface area contributed by atoms with E-state index in [-0.39, 0.29) is 11.8 Å². The van der Waals surface area contributed by atoms with Gasteiger partial charge in [0.1, 0.15) is 11.3 Å². The summed E-state index contributed by atoms with van der Waals surface area (Å²) in [5, 5.41) is 11.8. The quantitative estimate of drug-likeness (QED) is 0.865. The Morgan fingerprint density at radius 3 is 2.80 bits per heavy atom. The van der Waals surface area contributed by atoms with Crippen LogP contribution in [0.5, 0.6) is 5.75 Å². The molecule has 0 unspecified atom stereocenters. The molecule has 1 aromatic rings. The number of benzene rings is 1. The Labute approximate surface area is 119 Å². The molecule has 0 aliphatic heterocycles. The fraction of sp³-hybridized carbons (Fsp3) is 0.500. The van der Waals surface area contributed by atoms with Gasteiger partial charge in [-0.05, 0) is 36.8 Å². The molecule has 20 heavy (non-hydrogen) atoms. The summed E-state index contributed by atoms with van der Waals surface area (Å²) in [5.41, 5.74) is 0.540. The number of hydrogen-bond acceptors (Lipinski definition) is 3. The number of nitrogens with zero attached hydrogens (tertiary/aromatic N) is 1. The van der Waals surface area contributed by atoms with Crippen molar-refractivity contribution >= 4 is 5.91 Å². The molecule has 1 fully saturated rings. The van der Waals surface area contributed by atoms with Crippen LogP contribution in [0.1, 0.15) is 31.7 Å². The Morgan fingerprint density at radius 1 is 1.50 bits per heavy atom. The molecular formula is C16H20N2O2. The van der Waals surface area contributed by atoms with Gasteiger partial charge in [-0.25, -0.2) is 0 Å². The lowest BCUT2D eigenvalue weighted by atomic mass is 9.97. The van der Waals surface area contributed by atoms with Gasteiger partial charge in [0.05, 0.1) is 13.2 Å². The second kappa shape index (κ2) is 5.96. The SMILES string of the molecule is COc1ccccc1C[C@H](C)CC(=O)NC1(C#N)CC1. The first-order valence-corrected chi connectivity index (χ1v) is 6.93. The first-order chi connectivity index (χ1) is 9.58. The standard InChI is InChI=1S/C16H20N2O2/c1-12(9-13-5-3-4-6-14(13)20-2)10-15(19)18-16(11-17)7-8-16/h3-6,12H,7-10H2,1-2H3,(H,18,19)/t12-/m0/s1. The molecule has 0 radical (unpaired) electrons. The lowest BCUT2D eigenvalue weighted by Crippen LogP contribution is -2.36. The third kappa shape index (κ3) is 3.51. The van der Waals surface area contributed by atoms with Gasteiger partial charge in [-0.15, -0.1) is 0 Å². The molecule has 2 rings (SSSR count). The molecule has 0 bridgehead atoms. The molecule has 1 aliphatic rings. The molecule has 1 amide bonds. The maximum Gasteiger partial charge on any atom is 0.221 e. The van der Waals surface area contributed by atoms with E-state index >= 15 is 0 Å². The van der Waals surface area contributed by atoms with Crippen LogP contribution in [0.2, 0.25) is 0 Å². The van der Waals surface area contributed by atoms with Gasteiger partial charge in [-0.1, -0.05) is 25.1 Å². The van der Waals surface area contributed by atoms with Crippen molar-refractivity contribution in [2.45, 2.75) is 38.1 Å². The molecule has 4 nitrogen and oxygen atoms in total. The molecule has 1 atom stereocenters. The Bertz CT molecular complexity index is 530. The number of carbonyl (C=O) groups is 1. The van der Waals surface area contributed by atoms with Crippen molar-refractivity contribution in [1.82, 2.24) is 5.32 Å². The number of hydrogen-bond donors (Lipinski definition) is 1. The van der Waals surface area contributed by atoms with E-state index in [9.17, 15) is 4.79 Å². The van der Waals surface area contributed by atoms with Gasteiger partial charge < -0.3 is 10.1 Å². The van der Waals surface area contributed by atoms with Crippen LogP contribution in [0.4, 0.5) is 0 Å². The van der Waals surface area contributed by atoms with Crippen LogP contribution in [0.3, 0.4) is 0 Å². The molecule has 106 valence electrons. The maximum atomic E-state index is 11.9. The summed E-state index contributed by atoms with van der Waals surface area (Å²) in [6.07, 6.45) is 2.77. The average molecular weight is 272 g/mol. The summed E-state index contributed by atoms with van der Waals surface area (Å²) >= 11 is 0. The number of ether oxygens (including phenoxy) is 1. The number of methoxy groups -OCH3 is 1. The fourth-order valence-corrected chi connectivity index (χ4v) is 2.34. The van der Waals surface area contributed by atoms with Gasteiger partial charge in [0.25, 0.3) is 0 Å². The van der Waals surface area contributed by atoms with Crippen LogP contribution in [-0.4, -0.2) is 18.6 Å². The highest BCUT2D eigenvalue weighted by atomic mass is 16.5. The fourth-order valence-electron chi connectivity index (χ4n) is 2.34. The van der Waals surface area contributed by atoms with Gasteiger partial charge in [0.15, 0.2) is 0 Å². The lowest BCUT2D eigenvalue weighted by molar-refractivity contribution is -0.122. The maximum absolute atomic E-state index is 11.9. The van der Waals surface area contributed by atoms with Crippen molar-refractivity contribution in [3.05, 3.63) is 29.8 Å². The Morgan fingerprint density at radius 2 is 2.20 bits per heavy atom. The van der Waals surface area contributed by atoms with Crippen LogP contribution < -0.4 is 10.1 Å². The molecule has 1 saturated carbocycles. The summed E-state index contributed by atoms with van der Waals surface area (Å²) in [7, 11) is 1.65. The van der Waals surface area contributed by atoms with E-state index in [0.29, 0.717) is 6.42 Å². The zero-order valence-corrected chi connectivity index (χ0v) is 12.0. The highest BCUT2D eigenvalue weighted by Gasteiger charge is 2.44. The van der Waals surface area contributed by atoms with Gasteiger partial charge in [-0.3, -0.25) is 4.79 Å². The predicted octanol–water partition coefficient (Wildman–Crippen LogP) is 2.44. The summed E-state index contributed by atoms with van der Waals surface area (Å²) in [4.78, 5) is 11.9. The zero-order valence-electron chi connectivity index (χ0n) is 12.0. The van der Waals surface area contributed by atoms with Crippen LogP contribution in [0.15, 0.2) is 24.3 Å². The molecule has 1 N–H and O–H groups in total. The summed E-state index contributed by atoms with van der Waals surface area (Å²) in [6, 6.07) is 10.0. The van der Waals surface area contributed by atoms with Gasteiger partial charge in [0, 0.05) is 6.42 Å². The molecule has 0 saturated heterocycles. The number of nitrogens with one attached hydrogen (secondary N) is 1. The Balaban J connectivity index is 1.87. The van der Waals surface area contributed by atoms with E-state index < -0.39 is 5.54 Å². The monoisotopic (exact) mass is 272 g/mol. The van der Waals surface area contributed by atoms with E-state index in [1.807, 2.05) is 31.2 Å². The summed E-state index contributed by atoms with van der Waals surface area (Å²) in [5.74, 6) is 1.03. The highest BCUT2D eigenvalue weighted by molar-refractivity contribution is 5.78. The normalized spacial score (nSPS) is 16.9. The Hall–Kier alpha value is -2.02. The minimum absolute atomic E-state index is 0.0357. The molecular weight excluding hydrogens is 252 g/mol. The van der Waals surface area contributed by atoms with E-state index in [1.165, 1.54) is 0 Å². The smallest absolute Gasteiger partial charge is 0.221 e. The molecule has 4 heteroatoms. The average Bonchev–Trinajstić information content (AvgIpc) is 3.19. The van der Waals surface area contributed by atoms with Crippen molar-refractivity contribution in [1.29, 1.82) is 5.26 Å². The molecule has 1 aromatic carbocycles. The topological polar surface area (TPSA) is 62.1 Å². The predicted molar refractivity (Wildman–Crippen MR) is 76.2 cm³/mol. The second-order valence-electron chi connectivity index (χ2n) is 5.57. The van der Waals surface area contributed by atoms with Gasteiger partial charge in [0.2, 0.25) is 5.91 Å². The third-order valence-corrected chi connectivity index (χ3v) is 3.64. The van der Waals surface area contributed by atoms with Crippen LogP contribution >= 0.6 is 0 Å². The van der Waals surface area contributed by atoms with Gasteiger partial charge >= 0.3 is 0 Å². The van der Waals surface area contributed by atoms with Crippen LogP contribution in [-0.2, 0) is 11.2 Å². The second-order valence-corrected chi connectivity index (χ2v) is 5.57. The molecule has 1 aliphatic carbocycles. The molecule has 0 heterocycles. The van der Waals surface area contributed by atoms with E-state index in [1.54, 1.807) is 7.11 Å². The van der Waals surface area contributed by atoms with E-state index in [2.05, 4.69) is 11.4 Å². The summed E-state index contributed by atoms with van der Waals surface area (Å²) in [6.45, 7) is 2.04. The van der Waals surface area contributed by atoms with Crippen LogP contribution in [0, 0.1) is 17.2 Å². The minimum atomic E-state index is -0.568. The van der Waals surface area contributed by atoms with Crippen molar-refractivity contribution in [3.8, 4) is 11.8 Å². The molecule has 0 spiro atoms. The number of amides is 1. The highest BCUT2D eigenvalue weighted by Crippen LogP contribution is 2.34. The van der Waals surface area contributed by atoms with E-state index in [0.717, 1.165) is 30.6 Å². The molecule has 0 aromatic heterocycles. The Kier molecular flexibility index (Phi) is 4.29. The van der Waals surface area contributed by atoms with Gasteiger partial charge in [-0.2, -0.15) is 5.26 Å². The third-order valence-electron chi connectivity index (χ3n) is 3.64. The zero-order chi connectivity index (χ0) is 14.6. The number of carbonyl (C=O) groups excluding carboxylic acids is 1. The number of nitriles is 1. The largest absolute Gasteiger partial charge is 0.496 e. The van der Waals surface area contributed by atoms with Crippen molar-refractivity contribution in [2.24, 2.45) is 5.92 Å². The first kappa shape index (κ1) is 14.4. The summed E-state index contributed by atoms with van der Waals surface area (Å²) < 4.78 is 5.32. The lowest BCUT2D eigenvalue weighted by Gasteiger charge is -2.15.